The molecular weight excluding hydrogens is 302 g/mol. The summed E-state index contributed by atoms with van der Waals surface area (Å²) in [4.78, 5) is 14.5. The molecule has 126 valence electrons. The zero-order valence-corrected chi connectivity index (χ0v) is 14.2. The van der Waals surface area contributed by atoms with E-state index in [0.717, 1.165) is 37.1 Å². The van der Waals surface area contributed by atoms with Crippen molar-refractivity contribution < 1.29 is 9.32 Å². The highest BCUT2D eigenvalue weighted by Crippen LogP contribution is 2.24. The van der Waals surface area contributed by atoms with Gasteiger partial charge in [-0.05, 0) is 31.7 Å². The summed E-state index contributed by atoms with van der Waals surface area (Å²) in [7, 11) is 0. The van der Waals surface area contributed by atoms with E-state index in [0.29, 0.717) is 11.4 Å². The van der Waals surface area contributed by atoms with Gasteiger partial charge < -0.3 is 14.7 Å². The maximum atomic E-state index is 12.7. The van der Waals surface area contributed by atoms with Crippen LogP contribution in [0.3, 0.4) is 0 Å². The van der Waals surface area contributed by atoms with E-state index in [1.807, 2.05) is 36.9 Å². The van der Waals surface area contributed by atoms with Crippen LogP contribution in [0.2, 0.25) is 0 Å². The predicted molar refractivity (Wildman–Crippen MR) is 94.8 cm³/mol. The summed E-state index contributed by atoms with van der Waals surface area (Å²) in [5.74, 6) is 0.649. The van der Waals surface area contributed by atoms with Crippen molar-refractivity contribution in [1.29, 1.82) is 0 Å². The molecule has 2 aromatic rings. The third-order valence-corrected chi connectivity index (χ3v) is 4.37. The molecule has 0 radical (unpaired) electrons. The second kappa shape index (κ2) is 7.34. The molecular formula is C19H23N3O2. The summed E-state index contributed by atoms with van der Waals surface area (Å²) in [5.41, 5.74) is 2.64. The topological polar surface area (TPSA) is 58.4 Å². The van der Waals surface area contributed by atoms with E-state index in [9.17, 15) is 4.79 Å². The highest BCUT2D eigenvalue weighted by molar-refractivity contribution is 5.91. The Balaban J connectivity index is 1.69. The summed E-state index contributed by atoms with van der Waals surface area (Å²) in [5, 5.41) is 6.96. The normalized spacial score (nSPS) is 17.6. The number of rotatable bonds is 4. The van der Waals surface area contributed by atoms with Crippen molar-refractivity contribution in [3.8, 4) is 0 Å². The third kappa shape index (κ3) is 3.50. The number of anilines is 1. The number of nitrogens with one attached hydrogen (secondary N) is 1. The van der Waals surface area contributed by atoms with Crippen LogP contribution in [-0.2, 0) is 6.42 Å². The zero-order chi connectivity index (χ0) is 16.9. The monoisotopic (exact) mass is 325 g/mol. The first kappa shape index (κ1) is 16.3. The van der Waals surface area contributed by atoms with Crippen molar-refractivity contribution in [2.45, 2.75) is 39.2 Å². The molecule has 2 heterocycles. The molecule has 1 unspecified atom stereocenters. The molecule has 24 heavy (non-hydrogen) atoms. The van der Waals surface area contributed by atoms with Crippen LogP contribution in [0, 0.1) is 6.92 Å². The molecule has 1 fully saturated rings. The largest absolute Gasteiger partial charge is 0.359 e. The van der Waals surface area contributed by atoms with Gasteiger partial charge in [0.25, 0.3) is 0 Å². The molecule has 0 aliphatic carbocycles. The number of hydrogen-bond donors (Lipinski definition) is 1. The summed E-state index contributed by atoms with van der Waals surface area (Å²) in [6.45, 7) is 4.58. The highest BCUT2D eigenvalue weighted by atomic mass is 16.5. The van der Waals surface area contributed by atoms with Crippen LogP contribution in [-0.4, -0.2) is 28.7 Å². The Morgan fingerprint density at radius 1 is 1.42 bits per heavy atom. The molecule has 1 aliphatic heterocycles. The minimum atomic E-state index is -0.0868. The minimum absolute atomic E-state index is 0.0868. The van der Waals surface area contributed by atoms with Gasteiger partial charge in [-0.3, -0.25) is 0 Å². The van der Waals surface area contributed by atoms with Crippen LogP contribution in [0.5, 0.6) is 0 Å². The molecule has 0 bridgehead atoms. The maximum absolute atomic E-state index is 12.7. The molecule has 1 aromatic heterocycles. The second-order valence-corrected chi connectivity index (χ2v) is 6.02. The first-order chi connectivity index (χ1) is 11.7. The number of amides is 2. The van der Waals surface area contributed by atoms with Crippen LogP contribution in [0.1, 0.15) is 36.8 Å². The quantitative estimate of drug-likeness (QED) is 0.914. The van der Waals surface area contributed by atoms with Crippen LogP contribution in [0.15, 0.2) is 40.9 Å². The Morgan fingerprint density at radius 3 is 2.96 bits per heavy atom. The van der Waals surface area contributed by atoms with Gasteiger partial charge in [0.15, 0.2) is 5.76 Å². The van der Waals surface area contributed by atoms with Crippen LogP contribution in [0.25, 0.3) is 6.08 Å². The molecule has 1 atom stereocenters. The Kier molecular flexibility index (Phi) is 4.99. The number of nitrogens with zero attached hydrogens (tertiary/aromatic N) is 2. The molecule has 1 N–H and O–H groups in total. The van der Waals surface area contributed by atoms with Crippen molar-refractivity contribution in [2.24, 2.45) is 0 Å². The SMILES string of the molecule is CCc1noc(C)c1NC(=O)N1CCCC1C=Cc1ccccc1. The van der Waals surface area contributed by atoms with E-state index in [4.69, 9.17) is 4.52 Å². The van der Waals surface area contributed by atoms with E-state index in [1.54, 1.807) is 0 Å². The standard InChI is InChI=1S/C19H23N3O2/c1-3-17-18(14(2)24-21-17)20-19(23)22-13-7-10-16(22)12-11-15-8-5-4-6-9-15/h4-6,8-9,11-12,16H,3,7,10,13H2,1-2H3,(H,20,23). The molecule has 0 saturated carbocycles. The van der Waals surface area contributed by atoms with Gasteiger partial charge in [-0.2, -0.15) is 0 Å². The second-order valence-electron chi connectivity index (χ2n) is 6.02. The summed E-state index contributed by atoms with van der Waals surface area (Å²) in [6.07, 6.45) is 6.92. The van der Waals surface area contributed by atoms with Crippen molar-refractivity contribution in [3.63, 3.8) is 0 Å². The van der Waals surface area contributed by atoms with Gasteiger partial charge in [0, 0.05) is 6.54 Å². The number of hydrogen-bond acceptors (Lipinski definition) is 3. The molecule has 5 heteroatoms. The molecule has 2 amide bonds. The lowest BCUT2D eigenvalue weighted by Gasteiger charge is -2.22. The molecule has 1 aliphatic rings. The average Bonchev–Trinajstić information content (AvgIpc) is 3.21. The predicted octanol–water partition coefficient (Wildman–Crippen LogP) is 4.26. The summed E-state index contributed by atoms with van der Waals surface area (Å²) in [6, 6.07) is 10.2. The van der Waals surface area contributed by atoms with E-state index in [1.165, 1.54) is 0 Å². The Hall–Kier alpha value is -2.56. The number of urea groups is 1. The van der Waals surface area contributed by atoms with Crippen LogP contribution < -0.4 is 5.32 Å². The molecule has 3 rings (SSSR count). The average molecular weight is 325 g/mol. The molecule has 1 aromatic carbocycles. The van der Waals surface area contributed by atoms with Gasteiger partial charge in [-0.1, -0.05) is 54.6 Å². The summed E-state index contributed by atoms with van der Waals surface area (Å²) < 4.78 is 5.19. The number of carbonyl (C=O) groups is 1. The lowest BCUT2D eigenvalue weighted by Crippen LogP contribution is -2.38. The minimum Gasteiger partial charge on any atom is -0.359 e. The molecule has 0 spiro atoms. The lowest BCUT2D eigenvalue weighted by molar-refractivity contribution is 0.214. The van der Waals surface area contributed by atoms with Crippen molar-refractivity contribution in [3.05, 3.63) is 53.4 Å². The van der Waals surface area contributed by atoms with Gasteiger partial charge in [0.2, 0.25) is 0 Å². The van der Waals surface area contributed by atoms with Gasteiger partial charge in [0.1, 0.15) is 11.4 Å². The first-order valence-corrected chi connectivity index (χ1v) is 8.45. The van der Waals surface area contributed by atoms with Gasteiger partial charge in [-0.25, -0.2) is 4.79 Å². The molecule has 5 nitrogen and oxygen atoms in total. The van der Waals surface area contributed by atoms with Gasteiger partial charge >= 0.3 is 6.03 Å². The van der Waals surface area contributed by atoms with Crippen LogP contribution >= 0.6 is 0 Å². The van der Waals surface area contributed by atoms with Crippen molar-refractivity contribution in [1.82, 2.24) is 10.1 Å². The van der Waals surface area contributed by atoms with Gasteiger partial charge in [-0.15, -0.1) is 0 Å². The summed E-state index contributed by atoms with van der Waals surface area (Å²) >= 11 is 0. The fourth-order valence-electron chi connectivity index (χ4n) is 3.03. The van der Waals surface area contributed by atoms with E-state index in [2.05, 4.69) is 34.8 Å². The Labute approximate surface area is 142 Å². The fraction of sp³-hybridized carbons (Fsp3) is 0.368. The van der Waals surface area contributed by atoms with E-state index < -0.39 is 0 Å². The number of likely N-dealkylation sites (tertiary alicyclic amines) is 1. The number of benzene rings is 1. The Morgan fingerprint density at radius 2 is 2.21 bits per heavy atom. The lowest BCUT2D eigenvalue weighted by atomic mass is 10.1. The smallest absolute Gasteiger partial charge is 0.322 e. The fourth-order valence-corrected chi connectivity index (χ4v) is 3.03. The first-order valence-electron chi connectivity index (χ1n) is 8.45. The zero-order valence-electron chi connectivity index (χ0n) is 14.2. The Bertz CT molecular complexity index is 721. The van der Waals surface area contributed by atoms with Crippen molar-refractivity contribution >= 4 is 17.8 Å². The van der Waals surface area contributed by atoms with Crippen molar-refractivity contribution in [2.75, 3.05) is 11.9 Å². The van der Waals surface area contributed by atoms with Crippen LogP contribution in [0.4, 0.5) is 10.5 Å². The van der Waals surface area contributed by atoms with Gasteiger partial charge in [0.05, 0.1) is 6.04 Å². The number of aromatic nitrogens is 1. The highest BCUT2D eigenvalue weighted by Gasteiger charge is 2.28. The third-order valence-electron chi connectivity index (χ3n) is 4.37. The number of aryl methyl sites for hydroxylation is 2. The number of carbonyl (C=O) groups excluding carboxylic acids is 1. The van der Waals surface area contributed by atoms with E-state index >= 15 is 0 Å². The maximum Gasteiger partial charge on any atom is 0.322 e. The van der Waals surface area contributed by atoms with E-state index in [-0.39, 0.29) is 12.1 Å². The molecule has 1 saturated heterocycles.